The molecule has 1 amide bonds. The third-order valence-corrected chi connectivity index (χ3v) is 6.79. The first-order chi connectivity index (χ1) is 12.1. The fraction of sp³-hybridized carbons (Fsp3) is 0.529. The lowest BCUT2D eigenvalue weighted by molar-refractivity contribution is -0.123. The standard InChI is InChI=1S/C17H25N3O2S3/c1-12(2)7-8-18-17(23)20-19-15(21)11-22-14-6-4-3-5-13(14)16-24-9-10-25-16/h3-6,12,16H,7-11H2,1-2H3,(H,19,21)(H2,18,20,23). The average Bonchev–Trinajstić information content (AvgIpc) is 3.12. The third kappa shape index (κ3) is 7.33. The first-order valence-electron chi connectivity index (χ1n) is 8.34. The van der Waals surface area contributed by atoms with E-state index in [0.29, 0.717) is 15.6 Å². The van der Waals surface area contributed by atoms with Crippen molar-refractivity contribution >= 4 is 46.8 Å². The molecule has 3 N–H and O–H groups in total. The lowest BCUT2D eigenvalue weighted by Crippen LogP contribution is -2.48. The molecule has 1 heterocycles. The van der Waals surface area contributed by atoms with Crippen molar-refractivity contribution in [2.75, 3.05) is 24.7 Å². The molecule has 1 fully saturated rings. The van der Waals surface area contributed by atoms with Crippen LogP contribution in [0.3, 0.4) is 0 Å². The minimum absolute atomic E-state index is 0.0549. The molecule has 1 aromatic rings. The largest absolute Gasteiger partial charge is 0.483 e. The van der Waals surface area contributed by atoms with Gasteiger partial charge in [-0.1, -0.05) is 32.0 Å². The van der Waals surface area contributed by atoms with Gasteiger partial charge in [-0.15, -0.1) is 23.5 Å². The predicted molar refractivity (Wildman–Crippen MR) is 111 cm³/mol. The van der Waals surface area contributed by atoms with Gasteiger partial charge in [-0.3, -0.25) is 15.6 Å². The van der Waals surface area contributed by atoms with Gasteiger partial charge in [-0.2, -0.15) is 0 Å². The highest BCUT2D eigenvalue weighted by Crippen LogP contribution is 2.48. The van der Waals surface area contributed by atoms with Crippen molar-refractivity contribution in [2.24, 2.45) is 5.92 Å². The SMILES string of the molecule is CC(C)CCNC(=S)NNC(=O)COc1ccccc1C1SCCS1. The van der Waals surface area contributed by atoms with Crippen LogP contribution < -0.4 is 20.9 Å². The van der Waals surface area contributed by atoms with Crippen LogP contribution in [0.15, 0.2) is 24.3 Å². The van der Waals surface area contributed by atoms with E-state index in [-0.39, 0.29) is 12.5 Å². The van der Waals surface area contributed by atoms with Crippen LogP contribution in [0.1, 0.15) is 30.4 Å². The molecule has 1 aliphatic rings. The van der Waals surface area contributed by atoms with Crippen molar-refractivity contribution in [3.05, 3.63) is 29.8 Å². The molecule has 8 heteroatoms. The Morgan fingerprint density at radius 1 is 1.28 bits per heavy atom. The summed E-state index contributed by atoms with van der Waals surface area (Å²) in [5.41, 5.74) is 6.39. The molecule has 0 saturated carbocycles. The van der Waals surface area contributed by atoms with Crippen LogP contribution in [0.2, 0.25) is 0 Å². The van der Waals surface area contributed by atoms with Gasteiger partial charge in [-0.05, 0) is 30.6 Å². The minimum Gasteiger partial charge on any atom is -0.483 e. The third-order valence-electron chi connectivity index (χ3n) is 3.48. The summed E-state index contributed by atoms with van der Waals surface area (Å²) < 4.78 is 6.10. The molecule has 1 saturated heterocycles. The second-order valence-electron chi connectivity index (χ2n) is 6.01. The van der Waals surface area contributed by atoms with Crippen LogP contribution in [0.25, 0.3) is 0 Å². The molecule has 0 spiro atoms. The summed E-state index contributed by atoms with van der Waals surface area (Å²) in [7, 11) is 0. The van der Waals surface area contributed by atoms with Gasteiger partial charge in [0, 0.05) is 23.6 Å². The molecule has 1 aliphatic heterocycles. The van der Waals surface area contributed by atoms with Crippen LogP contribution in [-0.4, -0.2) is 35.7 Å². The number of benzene rings is 1. The second kappa shape index (κ2) is 10.8. The van der Waals surface area contributed by atoms with Gasteiger partial charge < -0.3 is 10.1 Å². The van der Waals surface area contributed by atoms with Gasteiger partial charge in [0.25, 0.3) is 5.91 Å². The molecule has 0 radical (unpaired) electrons. The Kier molecular flexibility index (Phi) is 8.71. The number of rotatable bonds is 7. The number of amides is 1. The van der Waals surface area contributed by atoms with Gasteiger partial charge in [0.1, 0.15) is 5.75 Å². The summed E-state index contributed by atoms with van der Waals surface area (Å²) >= 11 is 8.94. The molecule has 0 atom stereocenters. The summed E-state index contributed by atoms with van der Waals surface area (Å²) in [6.45, 7) is 5.02. The fourth-order valence-electron chi connectivity index (χ4n) is 2.17. The Hall–Kier alpha value is -1.12. The number of nitrogens with one attached hydrogen (secondary N) is 3. The quantitative estimate of drug-likeness (QED) is 0.481. The van der Waals surface area contributed by atoms with E-state index >= 15 is 0 Å². The first kappa shape index (κ1) is 20.2. The molecule has 1 aromatic carbocycles. The number of carbonyl (C=O) groups is 1. The van der Waals surface area contributed by atoms with Crippen molar-refractivity contribution in [3.63, 3.8) is 0 Å². The molecule has 2 rings (SSSR count). The van der Waals surface area contributed by atoms with Crippen molar-refractivity contribution < 1.29 is 9.53 Å². The van der Waals surface area contributed by atoms with Crippen molar-refractivity contribution in [1.29, 1.82) is 0 Å². The van der Waals surface area contributed by atoms with E-state index in [1.165, 1.54) is 0 Å². The Morgan fingerprint density at radius 2 is 2.00 bits per heavy atom. The van der Waals surface area contributed by atoms with Crippen LogP contribution in [0.5, 0.6) is 5.75 Å². The van der Waals surface area contributed by atoms with Crippen molar-refractivity contribution in [2.45, 2.75) is 24.9 Å². The Morgan fingerprint density at radius 3 is 2.72 bits per heavy atom. The summed E-state index contributed by atoms with van der Waals surface area (Å²) in [5.74, 6) is 3.40. The maximum Gasteiger partial charge on any atom is 0.276 e. The van der Waals surface area contributed by atoms with Gasteiger partial charge in [0.2, 0.25) is 0 Å². The van der Waals surface area contributed by atoms with E-state index in [0.717, 1.165) is 35.8 Å². The van der Waals surface area contributed by atoms with E-state index in [1.54, 1.807) is 0 Å². The van der Waals surface area contributed by atoms with Gasteiger partial charge in [0.05, 0.1) is 4.58 Å². The summed E-state index contributed by atoms with van der Waals surface area (Å²) in [6, 6.07) is 7.90. The number of para-hydroxylation sites is 1. The lowest BCUT2D eigenvalue weighted by atomic mass is 10.1. The van der Waals surface area contributed by atoms with Gasteiger partial charge in [0.15, 0.2) is 11.7 Å². The fourth-order valence-corrected chi connectivity index (χ4v) is 5.23. The number of thioether (sulfide) groups is 2. The van der Waals surface area contributed by atoms with E-state index in [2.05, 4.69) is 36.1 Å². The molecule has 0 unspecified atom stereocenters. The smallest absolute Gasteiger partial charge is 0.276 e. The Labute approximate surface area is 163 Å². The zero-order chi connectivity index (χ0) is 18.1. The highest BCUT2D eigenvalue weighted by atomic mass is 32.2. The first-order valence-corrected chi connectivity index (χ1v) is 10.8. The lowest BCUT2D eigenvalue weighted by Gasteiger charge is -2.16. The number of hydrogen-bond donors (Lipinski definition) is 3. The number of carbonyl (C=O) groups excluding carboxylic acids is 1. The molecular weight excluding hydrogens is 374 g/mol. The normalized spacial score (nSPS) is 14.4. The van der Waals surface area contributed by atoms with Crippen molar-refractivity contribution in [3.8, 4) is 5.75 Å². The number of ether oxygens (including phenoxy) is 1. The number of hydrogen-bond acceptors (Lipinski definition) is 5. The topological polar surface area (TPSA) is 62.4 Å². The highest BCUT2D eigenvalue weighted by Gasteiger charge is 2.21. The zero-order valence-electron chi connectivity index (χ0n) is 14.5. The van der Waals surface area contributed by atoms with E-state index in [4.69, 9.17) is 17.0 Å². The van der Waals surface area contributed by atoms with Gasteiger partial charge in [-0.25, -0.2) is 0 Å². The monoisotopic (exact) mass is 399 g/mol. The van der Waals surface area contributed by atoms with E-state index in [1.807, 2.05) is 41.7 Å². The van der Waals surface area contributed by atoms with E-state index in [9.17, 15) is 4.79 Å². The second-order valence-corrected chi connectivity index (χ2v) is 9.14. The average molecular weight is 400 g/mol. The number of hydrazine groups is 1. The molecule has 5 nitrogen and oxygen atoms in total. The molecule has 0 aromatic heterocycles. The number of thiocarbonyl (C=S) groups is 1. The Balaban J connectivity index is 1.72. The summed E-state index contributed by atoms with van der Waals surface area (Å²) in [6.07, 6.45) is 1.02. The van der Waals surface area contributed by atoms with Crippen LogP contribution >= 0.6 is 35.7 Å². The van der Waals surface area contributed by atoms with Crippen LogP contribution in [0, 0.1) is 5.92 Å². The molecule has 0 bridgehead atoms. The molecule has 138 valence electrons. The molecule has 25 heavy (non-hydrogen) atoms. The Bertz CT molecular complexity index is 578. The van der Waals surface area contributed by atoms with Gasteiger partial charge >= 0.3 is 0 Å². The minimum atomic E-state index is -0.269. The maximum atomic E-state index is 11.9. The maximum absolute atomic E-state index is 11.9. The van der Waals surface area contributed by atoms with E-state index < -0.39 is 0 Å². The summed E-state index contributed by atoms with van der Waals surface area (Å²) in [5, 5.41) is 3.46. The molecular formula is C17H25N3O2S3. The highest BCUT2D eigenvalue weighted by molar-refractivity contribution is 8.19. The zero-order valence-corrected chi connectivity index (χ0v) is 17.0. The molecule has 0 aliphatic carbocycles. The predicted octanol–water partition coefficient (Wildman–Crippen LogP) is 3.09. The van der Waals surface area contributed by atoms with Crippen molar-refractivity contribution in [1.82, 2.24) is 16.2 Å². The van der Waals surface area contributed by atoms with Crippen LogP contribution in [-0.2, 0) is 4.79 Å². The summed E-state index contributed by atoms with van der Waals surface area (Å²) in [4.78, 5) is 11.9. The van der Waals surface area contributed by atoms with Crippen LogP contribution in [0.4, 0.5) is 0 Å².